The molecule has 2 aromatic rings. The van der Waals surface area contributed by atoms with Crippen LogP contribution < -0.4 is 20.5 Å². The van der Waals surface area contributed by atoms with Gasteiger partial charge in [0.2, 0.25) is 5.88 Å². The number of aromatic nitrogens is 3. The lowest BCUT2D eigenvalue weighted by molar-refractivity contribution is 0.260. The van der Waals surface area contributed by atoms with E-state index in [1.54, 1.807) is 4.68 Å². The number of urea groups is 1. The number of amides is 2. The molecule has 0 bridgehead atoms. The van der Waals surface area contributed by atoms with Gasteiger partial charge in [0.1, 0.15) is 21.4 Å². The second-order valence-corrected chi connectivity index (χ2v) is 10.6. The van der Waals surface area contributed by atoms with Crippen LogP contribution >= 0.6 is 0 Å². The van der Waals surface area contributed by atoms with E-state index in [9.17, 15) is 9.00 Å². The van der Waals surface area contributed by atoms with Gasteiger partial charge in [0.05, 0.1) is 23.3 Å². The zero-order valence-electron chi connectivity index (χ0n) is 20.1. The topological polar surface area (TPSA) is 137 Å². The number of carbonyl (C=O) groups excluding carboxylic acids is 1. The minimum Gasteiger partial charge on any atom is -0.476 e. The van der Waals surface area contributed by atoms with Crippen LogP contribution in [0.3, 0.4) is 0 Å². The van der Waals surface area contributed by atoms with Crippen molar-refractivity contribution in [3.8, 4) is 5.88 Å². The lowest BCUT2D eigenvalue weighted by atomic mass is 9.97. The maximum Gasteiger partial charge on any atom is 0.354 e. The molecule has 11 heteroatoms. The first kappa shape index (κ1) is 25.1. The molecule has 1 atom stereocenters. The summed E-state index contributed by atoms with van der Waals surface area (Å²) in [6.45, 7) is 9.94. The molecule has 2 amide bonds. The smallest absolute Gasteiger partial charge is 0.354 e. The van der Waals surface area contributed by atoms with E-state index in [-0.39, 0.29) is 11.8 Å². The summed E-state index contributed by atoms with van der Waals surface area (Å²) in [6, 6.07) is 1.06. The van der Waals surface area contributed by atoms with Gasteiger partial charge in [-0.2, -0.15) is 5.10 Å². The molecule has 10 nitrogen and oxygen atoms in total. The van der Waals surface area contributed by atoms with Gasteiger partial charge in [-0.1, -0.05) is 27.7 Å². The number of hydrogen-bond donors (Lipinski definition) is 3. The maximum atomic E-state index is 13.2. The predicted octanol–water partition coefficient (Wildman–Crippen LogP) is 3.39. The third kappa shape index (κ3) is 5.90. The molecule has 1 unspecified atom stereocenters. The van der Waals surface area contributed by atoms with Gasteiger partial charge in [0.15, 0.2) is 0 Å². The molecule has 33 heavy (non-hydrogen) atoms. The molecule has 0 radical (unpaired) electrons. The Morgan fingerprint density at radius 2 is 2.06 bits per heavy atom. The number of carbonyl (C=O) groups is 1. The largest absolute Gasteiger partial charge is 0.476 e. The second-order valence-electron chi connectivity index (χ2n) is 8.80. The van der Waals surface area contributed by atoms with Crippen molar-refractivity contribution in [1.82, 2.24) is 20.1 Å². The average Bonchev–Trinajstić information content (AvgIpc) is 3.19. The number of ether oxygens (including phenoxy) is 1. The number of nitrogens with one attached hydrogen (secondary N) is 2. The van der Waals surface area contributed by atoms with Crippen LogP contribution in [0.1, 0.15) is 69.3 Å². The predicted molar refractivity (Wildman–Crippen MR) is 129 cm³/mol. The van der Waals surface area contributed by atoms with Gasteiger partial charge in [-0.3, -0.25) is 4.68 Å². The summed E-state index contributed by atoms with van der Waals surface area (Å²) in [5.41, 5.74) is 2.89. The molecule has 3 rings (SSSR count). The minimum atomic E-state index is -3.44. The number of aryl methyl sites for hydroxylation is 1. The number of nitrogens with zero attached hydrogens (tertiary/aromatic N) is 4. The van der Waals surface area contributed by atoms with Crippen molar-refractivity contribution in [3.63, 3.8) is 0 Å². The van der Waals surface area contributed by atoms with Crippen molar-refractivity contribution in [2.45, 2.75) is 70.2 Å². The van der Waals surface area contributed by atoms with Gasteiger partial charge in [0, 0.05) is 19.2 Å². The molecule has 182 valence electrons. The van der Waals surface area contributed by atoms with Crippen molar-refractivity contribution in [1.29, 1.82) is 0 Å². The highest BCUT2D eigenvalue weighted by molar-refractivity contribution is 7.91. The van der Waals surface area contributed by atoms with Crippen LogP contribution in [0.4, 0.5) is 10.5 Å². The Morgan fingerprint density at radius 1 is 1.30 bits per heavy atom. The fourth-order valence-electron chi connectivity index (χ4n) is 3.84. The third-order valence-electron chi connectivity index (χ3n) is 5.53. The van der Waals surface area contributed by atoms with Gasteiger partial charge in [0.25, 0.3) is 0 Å². The van der Waals surface area contributed by atoms with E-state index in [1.807, 2.05) is 40.8 Å². The van der Waals surface area contributed by atoms with Crippen LogP contribution in [0, 0.1) is 0 Å². The summed E-state index contributed by atoms with van der Waals surface area (Å²) < 4.78 is 24.7. The van der Waals surface area contributed by atoms with Gasteiger partial charge < -0.3 is 15.4 Å². The van der Waals surface area contributed by atoms with E-state index in [2.05, 4.69) is 25.1 Å². The monoisotopic (exact) mass is 477 g/mol. The molecule has 1 aliphatic heterocycles. The molecule has 0 fully saturated rings. The Balaban J connectivity index is 1.95. The van der Waals surface area contributed by atoms with Crippen molar-refractivity contribution < 1.29 is 13.7 Å². The van der Waals surface area contributed by atoms with E-state index in [0.717, 1.165) is 30.6 Å². The van der Waals surface area contributed by atoms with Crippen LogP contribution in [0.25, 0.3) is 0 Å². The summed E-state index contributed by atoms with van der Waals surface area (Å²) >= 11 is 0. The molecule has 0 spiro atoms. The van der Waals surface area contributed by atoms with Gasteiger partial charge >= 0.3 is 6.03 Å². The standard InChI is InChI=1S/C22H35N7O3S/c1-14(2)16-12-19(32-11-9-24-5)26-20(15(3)4)21(16)27-22(30)28-33(23,31)18-13-25-29-10-7-6-8-17(18)29/h12-15,24H,6-11H2,1-5H3,(H3,23,27,28,30,31). The first-order chi connectivity index (χ1) is 15.6. The van der Waals surface area contributed by atoms with E-state index in [4.69, 9.17) is 9.88 Å². The number of anilines is 1. The van der Waals surface area contributed by atoms with Crippen molar-refractivity contribution in [2.75, 3.05) is 25.5 Å². The molecule has 0 aromatic carbocycles. The Morgan fingerprint density at radius 3 is 2.73 bits per heavy atom. The first-order valence-electron chi connectivity index (χ1n) is 11.4. The van der Waals surface area contributed by atoms with E-state index < -0.39 is 15.9 Å². The van der Waals surface area contributed by atoms with Crippen molar-refractivity contribution in [3.05, 3.63) is 29.2 Å². The number of rotatable bonds is 8. The quantitative estimate of drug-likeness (QED) is 0.499. The number of pyridine rings is 1. The highest BCUT2D eigenvalue weighted by atomic mass is 32.2. The Kier molecular flexibility index (Phi) is 8.09. The van der Waals surface area contributed by atoms with Gasteiger partial charge in [-0.15, -0.1) is 4.36 Å². The zero-order valence-corrected chi connectivity index (χ0v) is 20.9. The number of fused-ring (bicyclic) bond motifs is 1. The summed E-state index contributed by atoms with van der Waals surface area (Å²) in [5.74, 6) is 0.592. The summed E-state index contributed by atoms with van der Waals surface area (Å²) in [5, 5.41) is 16.2. The molecule has 0 saturated carbocycles. The van der Waals surface area contributed by atoms with Gasteiger partial charge in [-0.25, -0.2) is 19.1 Å². The molecular weight excluding hydrogens is 442 g/mol. The third-order valence-corrected chi connectivity index (χ3v) is 6.94. The zero-order chi connectivity index (χ0) is 24.2. The van der Waals surface area contributed by atoms with E-state index in [1.165, 1.54) is 6.20 Å². The fourth-order valence-corrected chi connectivity index (χ4v) is 4.97. The summed E-state index contributed by atoms with van der Waals surface area (Å²) in [7, 11) is -1.58. The second kappa shape index (κ2) is 10.6. The Labute approximate surface area is 196 Å². The lowest BCUT2D eigenvalue weighted by Crippen LogP contribution is -2.21. The number of nitrogens with two attached hydrogens (primary N) is 1. The minimum absolute atomic E-state index is 0.00979. The Bertz CT molecular complexity index is 1090. The molecule has 4 N–H and O–H groups in total. The van der Waals surface area contributed by atoms with Crippen molar-refractivity contribution >= 4 is 21.6 Å². The highest BCUT2D eigenvalue weighted by Gasteiger charge is 2.24. The van der Waals surface area contributed by atoms with E-state index in [0.29, 0.717) is 41.7 Å². The Hall–Kier alpha value is -2.50. The summed E-state index contributed by atoms with van der Waals surface area (Å²) in [4.78, 5) is 17.9. The normalized spacial score (nSPS) is 15.3. The van der Waals surface area contributed by atoms with Crippen LogP contribution in [-0.4, -0.2) is 45.2 Å². The first-order valence-corrected chi connectivity index (χ1v) is 12.9. The van der Waals surface area contributed by atoms with Gasteiger partial charge in [-0.05, 0) is 43.7 Å². The molecule has 3 heterocycles. The van der Waals surface area contributed by atoms with Crippen LogP contribution in [0.5, 0.6) is 5.88 Å². The fraction of sp³-hybridized carbons (Fsp3) is 0.591. The summed E-state index contributed by atoms with van der Waals surface area (Å²) in [6.07, 6.45) is 4.16. The van der Waals surface area contributed by atoms with Crippen molar-refractivity contribution in [2.24, 2.45) is 9.50 Å². The van der Waals surface area contributed by atoms with E-state index >= 15 is 0 Å². The molecular formula is C22H35N7O3S. The number of hydrogen-bond acceptors (Lipinski definition) is 6. The molecule has 0 saturated heterocycles. The molecule has 0 aliphatic carbocycles. The maximum absolute atomic E-state index is 13.2. The number of likely N-dealkylation sites (N-methyl/N-ethyl adjacent to an activating group) is 1. The molecule has 2 aromatic heterocycles. The SMILES string of the molecule is CNCCOc1cc(C(C)C)c(NC(=O)N=S(N)(=O)c2cnn3c2CCCC3)c(C(C)C)n1. The van der Waals surface area contributed by atoms with Crippen LogP contribution in [0.15, 0.2) is 21.5 Å². The molecule has 1 aliphatic rings. The average molecular weight is 478 g/mol. The lowest BCUT2D eigenvalue weighted by Gasteiger charge is -2.20. The highest BCUT2D eigenvalue weighted by Crippen LogP contribution is 2.34. The van der Waals surface area contributed by atoms with Crippen LogP contribution in [-0.2, 0) is 22.9 Å². The van der Waals surface area contributed by atoms with Crippen LogP contribution in [0.2, 0.25) is 0 Å².